The molecule has 3 rings (SSSR count). The lowest BCUT2D eigenvalue weighted by Gasteiger charge is -2.20. The highest BCUT2D eigenvalue weighted by atomic mass is 16.5. The van der Waals surface area contributed by atoms with Crippen molar-refractivity contribution >= 4 is 16.8 Å². The molecule has 1 amide bonds. The van der Waals surface area contributed by atoms with E-state index in [1.54, 1.807) is 23.1 Å². The van der Waals surface area contributed by atoms with Crippen LogP contribution >= 0.6 is 0 Å². The van der Waals surface area contributed by atoms with Gasteiger partial charge in [-0.15, -0.1) is 0 Å². The van der Waals surface area contributed by atoms with E-state index >= 15 is 0 Å². The van der Waals surface area contributed by atoms with Crippen molar-refractivity contribution in [3.63, 3.8) is 0 Å². The average molecular weight is 351 g/mol. The van der Waals surface area contributed by atoms with E-state index in [0.717, 1.165) is 5.56 Å². The van der Waals surface area contributed by atoms with Crippen LogP contribution in [0, 0.1) is 6.92 Å². The summed E-state index contributed by atoms with van der Waals surface area (Å²) in [6.45, 7) is 4.53. The first kappa shape index (κ1) is 17.7. The number of hydrogen-bond acceptors (Lipinski definition) is 4. The van der Waals surface area contributed by atoms with Gasteiger partial charge in [0.25, 0.3) is 11.5 Å². The number of benzene rings is 2. The van der Waals surface area contributed by atoms with Crippen LogP contribution in [0.2, 0.25) is 0 Å². The molecule has 0 radical (unpaired) electrons. The number of para-hydroxylation sites is 1. The second kappa shape index (κ2) is 7.82. The van der Waals surface area contributed by atoms with Crippen molar-refractivity contribution in [1.29, 1.82) is 0 Å². The van der Waals surface area contributed by atoms with Crippen LogP contribution in [0.25, 0.3) is 10.9 Å². The molecule has 6 heteroatoms. The fourth-order valence-corrected chi connectivity index (χ4v) is 2.64. The number of rotatable bonds is 6. The highest BCUT2D eigenvalue weighted by Gasteiger charge is 2.15. The molecule has 6 nitrogen and oxygen atoms in total. The van der Waals surface area contributed by atoms with Gasteiger partial charge in [-0.05, 0) is 38.1 Å². The fourth-order valence-electron chi connectivity index (χ4n) is 2.64. The van der Waals surface area contributed by atoms with Gasteiger partial charge in [0.1, 0.15) is 11.6 Å². The molecule has 0 spiro atoms. The maximum Gasteiger partial charge on any atom is 0.260 e. The topological polar surface area (TPSA) is 75.3 Å². The molecule has 1 aromatic heterocycles. The summed E-state index contributed by atoms with van der Waals surface area (Å²) >= 11 is 0. The van der Waals surface area contributed by atoms with Crippen LogP contribution in [0.1, 0.15) is 18.3 Å². The van der Waals surface area contributed by atoms with Crippen molar-refractivity contribution < 1.29 is 9.53 Å². The third-order valence-corrected chi connectivity index (χ3v) is 4.12. The van der Waals surface area contributed by atoms with Crippen LogP contribution in [0.15, 0.2) is 53.3 Å². The number of fused-ring (bicyclic) bond motifs is 1. The third kappa shape index (κ3) is 4.08. The Morgan fingerprint density at radius 2 is 1.88 bits per heavy atom. The van der Waals surface area contributed by atoms with E-state index in [2.05, 4.69) is 9.97 Å². The number of hydrogen-bond donors (Lipinski definition) is 1. The first-order chi connectivity index (χ1) is 12.6. The molecule has 0 bridgehead atoms. The molecule has 134 valence electrons. The van der Waals surface area contributed by atoms with E-state index in [1.807, 2.05) is 44.2 Å². The molecule has 0 fully saturated rings. The largest absolute Gasteiger partial charge is 0.484 e. The zero-order valence-corrected chi connectivity index (χ0v) is 14.9. The third-order valence-electron chi connectivity index (χ3n) is 4.12. The number of likely N-dealkylation sites (N-methyl/N-ethyl adjacent to an activating group) is 1. The average Bonchev–Trinajstić information content (AvgIpc) is 2.65. The molecule has 0 atom stereocenters. The number of carbonyl (C=O) groups excluding carboxylic acids is 1. The number of aryl methyl sites for hydroxylation is 1. The summed E-state index contributed by atoms with van der Waals surface area (Å²) in [4.78, 5) is 33.4. The number of nitrogens with zero attached hydrogens (tertiary/aromatic N) is 2. The number of ether oxygens (including phenoxy) is 1. The zero-order valence-electron chi connectivity index (χ0n) is 14.9. The molecule has 2 aromatic carbocycles. The van der Waals surface area contributed by atoms with Gasteiger partial charge in [-0.3, -0.25) is 9.59 Å². The van der Waals surface area contributed by atoms with Gasteiger partial charge in [0.2, 0.25) is 0 Å². The van der Waals surface area contributed by atoms with Gasteiger partial charge in [-0.1, -0.05) is 29.8 Å². The number of aromatic nitrogens is 2. The highest BCUT2D eigenvalue weighted by Crippen LogP contribution is 2.12. The molecular weight excluding hydrogens is 330 g/mol. The molecule has 0 aliphatic carbocycles. The van der Waals surface area contributed by atoms with E-state index in [0.29, 0.717) is 29.0 Å². The van der Waals surface area contributed by atoms with Crippen molar-refractivity contribution in [3.8, 4) is 5.75 Å². The minimum Gasteiger partial charge on any atom is -0.484 e. The number of aromatic amines is 1. The van der Waals surface area contributed by atoms with Crippen LogP contribution in [0.3, 0.4) is 0 Å². The second-order valence-corrected chi connectivity index (χ2v) is 6.04. The van der Waals surface area contributed by atoms with E-state index in [4.69, 9.17) is 4.74 Å². The van der Waals surface area contributed by atoms with Crippen LogP contribution in [-0.4, -0.2) is 33.9 Å². The highest BCUT2D eigenvalue weighted by molar-refractivity contribution is 5.78. The van der Waals surface area contributed by atoms with Crippen LogP contribution in [0.5, 0.6) is 5.75 Å². The summed E-state index contributed by atoms with van der Waals surface area (Å²) in [6, 6.07) is 14.7. The number of carbonyl (C=O) groups is 1. The summed E-state index contributed by atoms with van der Waals surface area (Å²) in [5.41, 5.74) is 1.54. The molecule has 3 aromatic rings. The lowest BCUT2D eigenvalue weighted by Crippen LogP contribution is -2.35. The predicted molar refractivity (Wildman–Crippen MR) is 100 cm³/mol. The lowest BCUT2D eigenvalue weighted by molar-refractivity contribution is -0.133. The smallest absolute Gasteiger partial charge is 0.260 e. The van der Waals surface area contributed by atoms with Gasteiger partial charge in [-0.25, -0.2) is 4.98 Å². The van der Waals surface area contributed by atoms with Gasteiger partial charge in [0, 0.05) is 6.54 Å². The molecular formula is C20H21N3O3. The molecule has 0 unspecified atom stereocenters. The Bertz CT molecular complexity index is 964. The summed E-state index contributed by atoms with van der Waals surface area (Å²) in [7, 11) is 0. The minimum atomic E-state index is -0.204. The number of nitrogens with one attached hydrogen (secondary N) is 1. The minimum absolute atomic E-state index is 0.0608. The summed E-state index contributed by atoms with van der Waals surface area (Å²) < 4.78 is 5.55. The fraction of sp³-hybridized carbons (Fsp3) is 0.250. The van der Waals surface area contributed by atoms with Gasteiger partial charge >= 0.3 is 0 Å². The Morgan fingerprint density at radius 3 is 2.62 bits per heavy atom. The SMILES string of the molecule is CCN(Cc1nc2ccccc2c(=O)[nH]1)C(=O)COc1ccc(C)cc1. The van der Waals surface area contributed by atoms with Crippen LogP contribution in [-0.2, 0) is 11.3 Å². The lowest BCUT2D eigenvalue weighted by atomic mass is 10.2. The van der Waals surface area contributed by atoms with Crippen molar-refractivity contribution in [1.82, 2.24) is 14.9 Å². The van der Waals surface area contributed by atoms with Gasteiger partial charge in [0.05, 0.1) is 17.4 Å². The predicted octanol–water partition coefficient (Wildman–Crippen LogP) is 2.66. The Hall–Kier alpha value is -3.15. The van der Waals surface area contributed by atoms with E-state index in [-0.39, 0.29) is 24.6 Å². The Kier molecular flexibility index (Phi) is 5.31. The second-order valence-electron chi connectivity index (χ2n) is 6.04. The van der Waals surface area contributed by atoms with Crippen LogP contribution in [0.4, 0.5) is 0 Å². The Labute approximate surface area is 151 Å². The molecule has 1 heterocycles. The summed E-state index contributed by atoms with van der Waals surface area (Å²) in [5, 5.41) is 0.535. The first-order valence-corrected chi connectivity index (χ1v) is 8.52. The van der Waals surface area contributed by atoms with Crippen molar-refractivity contribution in [3.05, 3.63) is 70.3 Å². The molecule has 0 aliphatic heterocycles. The molecule has 0 saturated carbocycles. The monoisotopic (exact) mass is 351 g/mol. The van der Waals surface area contributed by atoms with Crippen molar-refractivity contribution in [2.45, 2.75) is 20.4 Å². The van der Waals surface area contributed by atoms with E-state index < -0.39 is 0 Å². The molecule has 26 heavy (non-hydrogen) atoms. The van der Waals surface area contributed by atoms with Gasteiger partial charge in [0.15, 0.2) is 6.61 Å². The standard InChI is InChI=1S/C20H21N3O3/c1-3-23(19(24)13-26-15-10-8-14(2)9-11-15)12-18-21-17-7-5-4-6-16(17)20(25)22-18/h4-11H,3,12-13H2,1-2H3,(H,21,22,25). The summed E-state index contributed by atoms with van der Waals surface area (Å²) in [6.07, 6.45) is 0. The number of amides is 1. The quantitative estimate of drug-likeness (QED) is 0.741. The maximum absolute atomic E-state index is 12.4. The normalized spacial score (nSPS) is 10.7. The zero-order chi connectivity index (χ0) is 18.5. The first-order valence-electron chi connectivity index (χ1n) is 8.52. The van der Waals surface area contributed by atoms with Gasteiger partial charge < -0.3 is 14.6 Å². The maximum atomic E-state index is 12.4. The van der Waals surface area contributed by atoms with Crippen molar-refractivity contribution in [2.24, 2.45) is 0 Å². The Balaban J connectivity index is 1.69. The Morgan fingerprint density at radius 1 is 1.15 bits per heavy atom. The molecule has 0 saturated heterocycles. The van der Waals surface area contributed by atoms with Crippen LogP contribution < -0.4 is 10.3 Å². The molecule has 0 aliphatic rings. The molecule has 1 N–H and O–H groups in total. The number of H-pyrrole nitrogens is 1. The summed E-state index contributed by atoms with van der Waals surface area (Å²) in [5.74, 6) is 0.945. The van der Waals surface area contributed by atoms with E-state index in [1.165, 1.54) is 0 Å². The van der Waals surface area contributed by atoms with E-state index in [9.17, 15) is 9.59 Å². The van der Waals surface area contributed by atoms with Crippen molar-refractivity contribution in [2.75, 3.05) is 13.2 Å². The van der Waals surface area contributed by atoms with Gasteiger partial charge in [-0.2, -0.15) is 0 Å².